The molecule has 0 amide bonds. The summed E-state index contributed by atoms with van der Waals surface area (Å²) < 4.78 is 5.20. The van der Waals surface area contributed by atoms with Crippen LogP contribution in [0.15, 0.2) is 188 Å². The number of hydrogen-bond donors (Lipinski definition) is 0. The summed E-state index contributed by atoms with van der Waals surface area (Å²) in [6, 6.07) is 69.2. The van der Waals surface area contributed by atoms with Crippen LogP contribution in [0.5, 0.6) is 0 Å². The van der Waals surface area contributed by atoms with Crippen LogP contribution in [0.3, 0.4) is 0 Å². The summed E-state index contributed by atoms with van der Waals surface area (Å²) >= 11 is 3.77. The molecular formula is C50H31NS2. The Balaban J connectivity index is 1.20. The second-order valence-corrected chi connectivity index (χ2v) is 15.8. The highest BCUT2D eigenvalue weighted by atomic mass is 32.1. The van der Waals surface area contributed by atoms with Gasteiger partial charge in [-0.2, -0.15) is 0 Å². The summed E-state index contributed by atoms with van der Waals surface area (Å²) in [6.45, 7) is 0. The summed E-state index contributed by atoms with van der Waals surface area (Å²) in [5.74, 6) is 0. The van der Waals surface area contributed by atoms with E-state index < -0.39 is 0 Å². The molecule has 248 valence electrons. The number of benzene rings is 9. The van der Waals surface area contributed by atoms with Crippen molar-refractivity contribution in [3.8, 4) is 22.3 Å². The summed E-state index contributed by atoms with van der Waals surface area (Å²) in [5, 5.41) is 10.2. The summed E-state index contributed by atoms with van der Waals surface area (Å²) in [4.78, 5) is 2.49. The standard InChI is InChI=1S/C50H31NS2/c1-3-11-32(12-4-1)35-21-24-44-47(30-35)53-50-41(33-13-5-2-6-14-33)27-28-45(49(44)50)51(38-23-26-43-42-17-9-10-18-46(42)52-48(43)31-38)37-22-25-40-36(29-37)20-19-34-15-7-8-16-39(34)40/h1-31H. The van der Waals surface area contributed by atoms with Crippen LogP contribution >= 0.6 is 22.7 Å². The van der Waals surface area contributed by atoms with Crippen molar-refractivity contribution in [2.45, 2.75) is 0 Å². The van der Waals surface area contributed by atoms with E-state index in [0.29, 0.717) is 0 Å². The van der Waals surface area contributed by atoms with Crippen molar-refractivity contribution < 1.29 is 0 Å². The van der Waals surface area contributed by atoms with Crippen molar-refractivity contribution in [2.24, 2.45) is 0 Å². The molecule has 0 aliphatic rings. The number of nitrogens with zero attached hydrogens (tertiary/aromatic N) is 1. The van der Waals surface area contributed by atoms with Crippen LogP contribution in [-0.2, 0) is 0 Å². The van der Waals surface area contributed by atoms with Crippen LogP contribution < -0.4 is 4.90 Å². The zero-order valence-corrected chi connectivity index (χ0v) is 30.3. The zero-order chi connectivity index (χ0) is 34.9. The molecule has 53 heavy (non-hydrogen) atoms. The molecule has 0 saturated heterocycles. The fraction of sp³-hybridized carbons (Fsp3) is 0. The Kier molecular flexibility index (Phi) is 6.97. The second-order valence-electron chi connectivity index (χ2n) is 13.7. The van der Waals surface area contributed by atoms with Crippen LogP contribution in [0.25, 0.3) is 84.1 Å². The minimum atomic E-state index is 1.14. The molecule has 0 saturated carbocycles. The van der Waals surface area contributed by atoms with E-state index >= 15 is 0 Å². The molecule has 2 heterocycles. The molecule has 11 rings (SSSR count). The third-order valence-electron chi connectivity index (χ3n) is 10.6. The Morgan fingerprint density at radius 1 is 0.340 bits per heavy atom. The molecule has 11 aromatic rings. The molecule has 9 aromatic carbocycles. The van der Waals surface area contributed by atoms with Gasteiger partial charge in [0.15, 0.2) is 0 Å². The quantitative estimate of drug-likeness (QED) is 0.161. The maximum Gasteiger partial charge on any atom is 0.0555 e. The molecule has 0 unspecified atom stereocenters. The lowest BCUT2D eigenvalue weighted by Gasteiger charge is -2.27. The highest BCUT2D eigenvalue weighted by Gasteiger charge is 2.22. The molecule has 0 aliphatic carbocycles. The Morgan fingerprint density at radius 2 is 0.962 bits per heavy atom. The smallest absolute Gasteiger partial charge is 0.0555 e. The van der Waals surface area contributed by atoms with E-state index in [2.05, 4.69) is 193 Å². The summed E-state index contributed by atoms with van der Waals surface area (Å²) in [7, 11) is 0. The minimum absolute atomic E-state index is 1.14. The van der Waals surface area contributed by atoms with Gasteiger partial charge in [0.2, 0.25) is 0 Å². The molecule has 0 radical (unpaired) electrons. The van der Waals surface area contributed by atoms with Crippen LogP contribution in [0.2, 0.25) is 0 Å². The van der Waals surface area contributed by atoms with E-state index in [1.807, 2.05) is 22.7 Å². The maximum atomic E-state index is 2.49. The lowest BCUT2D eigenvalue weighted by atomic mass is 9.98. The van der Waals surface area contributed by atoms with E-state index in [1.54, 1.807) is 0 Å². The van der Waals surface area contributed by atoms with Gasteiger partial charge in [-0.25, -0.2) is 0 Å². The van der Waals surface area contributed by atoms with E-state index in [1.165, 1.54) is 89.8 Å². The van der Waals surface area contributed by atoms with Crippen molar-refractivity contribution >= 4 is 102 Å². The van der Waals surface area contributed by atoms with Crippen LogP contribution in [0, 0.1) is 0 Å². The topological polar surface area (TPSA) is 3.24 Å². The van der Waals surface area contributed by atoms with Gasteiger partial charge in [-0.3, -0.25) is 0 Å². The monoisotopic (exact) mass is 709 g/mol. The minimum Gasteiger partial charge on any atom is -0.310 e. The van der Waals surface area contributed by atoms with Gasteiger partial charge in [-0.15, -0.1) is 22.7 Å². The first-order chi connectivity index (χ1) is 26.3. The summed E-state index contributed by atoms with van der Waals surface area (Å²) in [5.41, 5.74) is 8.43. The molecule has 0 fully saturated rings. The number of anilines is 3. The SMILES string of the molecule is c1ccc(-c2ccc3c(c2)sc2c(-c4ccccc4)ccc(N(c4ccc5c(ccc6ccccc65)c4)c4ccc5c(c4)sc4ccccc45)c23)cc1. The van der Waals surface area contributed by atoms with Crippen molar-refractivity contribution in [3.05, 3.63) is 188 Å². The zero-order valence-electron chi connectivity index (χ0n) is 28.7. The molecule has 1 nitrogen and oxygen atoms in total. The van der Waals surface area contributed by atoms with Crippen molar-refractivity contribution in [1.29, 1.82) is 0 Å². The van der Waals surface area contributed by atoms with Crippen LogP contribution in [-0.4, -0.2) is 0 Å². The molecule has 0 bridgehead atoms. The molecule has 0 atom stereocenters. The Labute approximate surface area is 315 Å². The third-order valence-corrected chi connectivity index (χ3v) is 13.0. The molecule has 2 aromatic heterocycles. The lowest BCUT2D eigenvalue weighted by Crippen LogP contribution is -2.10. The predicted molar refractivity (Wildman–Crippen MR) is 233 cm³/mol. The van der Waals surface area contributed by atoms with E-state index in [0.717, 1.165) is 11.4 Å². The first kappa shape index (κ1) is 30.4. The molecule has 0 spiro atoms. The average molecular weight is 710 g/mol. The Morgan fingerprint density at radius 3 is 1.81 bits per heavy atom. The number of thiophene rings is 2. The third kappa shape index (κ3) is 4.97. The van der Waals surface area contributed by atoms with Gasteiger partial charge in [0, 0.05) is 51.7 Å². The van der Waals surface area contributed by atoms with Crippen molar-refractivity contribution in [2.75, 3.05) is 4.90 Å². The summed E-state index contributed by atoms with van der Waals surface area (Å²) in [6.07, 6.45) is 0. The highest BCUT2D eigenvalue weighted by molar-refractivity contribution is 7.26. The van der Waals surface area contributed by atoms with Crippen molar-refractivity contribution in [1.82, 2.24) is 0 Å². The first-order valence-corrected chi connectivity index (χ1v) is 19.6. The molecular weight excluding hydrogens is 679 g/mol. The number of hydrogen-bond acceptors (Lipinski definition) is 3. The van der Waals surface area contributed by atoms with Crippen LogP contribution in [0.4, 0.5) is 17.1 Å². The van der Waals surface area contributed by atoms with Gasteiger partial charge in [0.05, 0.1) is 5.69 Å². The Bertz CT molecular complexity index is 3170. The van der Waals surface area contributed by atoms with Crippen molar-refractivity contribution in [3.63, 3.8) is 0 Å². The van der Waals surface area contributed by atoms with E-state index in [-0.39, 0.29) is 0 Å². The lowest BCUT2D eigenvalue weighted by molar-refractivity contribution is 1.31. The predicted octanol–water partition coefficient (Wildman–Crippen LogP) is 15.5. The highest BCUT2D eigenvalue weighted by Crippen LogP contribution is 2.50. The molecule has 0 N–H and O–H groups in total. The van der Waals surface area contributed by atoms with E-state index in [4.69, 9.17) is 0 Å². The van der Waals surface area contributed by atoms with Gasteiger partial charge >= 0.3 is 0 Å². The van der Waals surface area contributed by atoms with E-state index in [9.17, 15) is 0 Å². The number of fused-ring (bicyclic) bond motifs is 9. The van der Waals surface area contributed by atoms with Gasteiger partial charge in [-0.1, -0.05) is 146 Å². The fourth-order valence-corrected chi connectivity index (χ4v) is 10.6. The fourth-order valence-electron chi connectivity index (χ4n) is 8.12. The molecule has 0 aliphatic heterocycles. The maximum absolute atomic E-state index is 2.49. The number of rotatable bonds is 5. The Hall–Kier alpha value is -6.26. The first-order valence-electron chi connectivity index (χ1n) is 18.0. The van der Waals surface area contributed by atoms with Crippen LogP contribution in [0.1, 0.15) is 0 Å². The van der Waals surface area contributed by atoms with Gasteiger partial charge in [0.25, 0.3) is 0 Å². The second kappa shape index (κ2) is 12.2. The largest absolute Gasteiger partial charge is 0.310 e. The van der Waals surface area contributed by atoms with Gasteiger partial charge in [-0.05, 0) is 86.3 Å². The average Bonchev–Trinajstić information content (AvgIpc) is 3.80. The normalized spacial score (nSPS) is 11.8. The van der Waals surface area contributed by atoms with Gasteiger partial charge < -0.3 is 4.90 Å². The molecule has 3 heteroatoms. The van der Waals surface area contributed by atoms with Gasteiger partial charge in [0.1, 0.15) is 0 Å².